The molecule has 0 aromatic heterocycles. The zero-order valence-electron chi connectivity index (χ0n) is 11.5. The van der Waals surface area contributed by atoms with Gasteiger partial charge in [0.05, 0.1) is 4.92 Å². The van der Waals surface area contributed by atoms with Gasteiger partial charge in [-0.1, -0.05) is 50.9 Å². The first-order valence-corrected chi connectivity index (χ1v) is 6.97. The van der Waals surface area contributed by atoms with Gasteiger partial charge in [0.25, 0.3) is 5.69 Å². The van der Waals surface area contributed by atoms with Gasteiger partial charge < -0.3 is 0 Å². The van der Waals surface area contributed by atoms with Crippen molar-refractivity contribution >= 4 is 5.69 Å². The molecular weight excluding hydrogens is 238 g/mol. The number of hydrogen-bond donors (Lipinski definition) is 0. The molecule has 0 amide bonds. The average Bonchev–Trinajstić information content (AvgIpc) is 2.42. The maximum absolute atomic E-state index is 10.5. The molecule has 19 heavy (non-hydrogen) atoms. The molecule has 0 aliphatic heterocycles. The van der Waals surface area contributed by atoms with Crippen molar-refractivity contribution in [3.63, 3.8) is 0 Å². The highest BCUT2D eigenvalue weighted by Crippen LogP contribution is 2.11. The number of nitrogens with zero attached hydrogens (tertiary/aromatic N) is 1. The minimum Gasteiger partial charge on any atom is -0.258 e. The topological polar surface area (TPSA) is 43.1 Å². The van der Waals surface area contributed by atoms with Crippen molar-refractivity contribution in [2.24, 2.45) is 0 Å². The summed E-state index contributed by atoms with van der Waals surface area (Å²) in [7, 11) is 0. The Labute approximate surface area is 115 Å². The molecule has 0 atom stereocenters. The number of benzene rings is 1. The largest absolute Gasteiger partial charge is 0.269 e. The molecule has 0 aliphatic carbocycles. The van der Waals surface area contributed by atoms with Crippen molar-refractivity contribution in [1.82, 2.24) is 0 Å². The molecule has 3 nitrogen and oxygen atoms in total. The predicted molar refractivity (Wildman–Crippen MR) is 78.0 cm³/mol. The molecule has 0 N–H and O–H groups in total. The van der Waals surface area contributed by atoms with Crippen LogP contribution in [0, 0.1) is 22.0 Å². The molecule has 1 aromatic rings. The van der Waals surface area contributed by atoms with Crippen molar-refractivity contribution in [2.45, 2.75) is 51.9 Å². The third-order valence-corrected chi connectivity index (χ3v) is 2.97. The van der Waals surface area contributed by atoms with E-state index in [0.717, 1.165) is 18.4 Å². The van der Waals surface area contributed by atoms with Crippen LogP contribution in [0.2, 0.25) is 0 Å². The lowest BCUT2D eigenvalue weighted by atomic mass is 10.1. The number of hydrogen-bond acceptors (Lipinski definition) is 2. The van der Waals surface area contributed by atoms with E-state index in [1.165, 1.54) is 44.2 Å². The molecule has 102 valence electrons. The predicted octanol–water partition coefficient (Wildman–Crippen LogP) is 4.70. The highest BCUT2D eigenvalue weighted by Gasteiger charge is 2.01. The molecule has 3 heteroatoms. The molecule has 0 aliphatic rings. The van der Waals surface area contributed by atoms with Gasteiger partial charge in [0, 0.05) is 24.1 Å². The Hall–Kier alpha value is -1.82. The summed E-state index contributed by atoms with van der Waals surface area (Å²) >= 11 is 0. The molecule has 1 aromatic carbocycles. The van der Waals surface area contributed by atoms with Gasteiger partial charge in [0.15, 0.2) is 0 Å². The molecule has 0 fully saturated rings. The first-order chi connectivity index (χ1) is 9.24. The third kappa shape index (κ3) is 6.61. The number of nitro benzene ring substituents is 1. The fourth-order valence-electron chi connectivity index (χ4n) is 1.82. The molecule has 0 spiro atoms. The molecule has 0 bridgehead atoms. The summed E-state index contributed by atoms with van der Waals surface area (Å²) in [6, 6.07) is 6.39. The number of non-ortho nitro benzene ring substituents is 1. The van der Waals surface area contributed by atoms with Gasteiger partial charge in [-0.3, -0.25) is 10.1 Å². The highest BCUT2D eigenvalue weighted by atomic mass is 16.6. The van der Waals surface area contributed by atoms with Crippen LogP contribution in [0.4, 0.5) is 5.69 Å². The Bertz CT molecular complexity index is 440. The first kappa shape index (κ1) is 15.2. The van der Waals surface area contributed by atoms with E-state index in [1.807, 2.05) is 0 Å². The zero-order chi connectivity index (χ0) is 13.9. The lowest BCUT2D eigenvalue weighted by molar-refractivity contribution is -0.384. The van der Waals surface area contributed by atoms with Crippen LogP contribution < -0.4 is 0 Å². The second-order valence-electron chi connectivity index (χ2n) is 4.62. The molecule has 0 unspecified atom stereocenters. The minimum absolute atomic E-state index is 0.112. The van der Waals surface area contributed by atoms with Gasteiger partial charge in [0.2, 0.25) is 0 Å². The summed E-state index contributed by atoms with van der Waals surface area (Å²) in [6.45, 7) is 2.22. The van der Waals surface area contributed by atoms with Crippen LogP contribution in [0.3, 0.4) is 0 Å². The number of rotatable bonds is 7. The maximum atomic E-state index is 10.5. The molecule has 0 saturated carbocycles. The SMILES string of the molecule is CCCCCCCCC#Cc1ccc([N+](=O)[O-])cc1. The second kappa shape index (κ2) is 9.16. The highest BCUT2D eigenvalue weighted by molar-refractivity contribution is 5.40. The van der Waals surface area contributed by atoms with Crippen LogP contribution in [-0.2, 0) is 0 Å². The van der Waals surface area contributed by atoms with Gasteiger partial charge in [0.1, 0.15) is 0 Å². The van der Waals surface area contributed by atoms with Gasteiger partial charge in [-0.2, -0.15) is 0 Å². The summed E-state index contributed by atoms with van der Waals surface area (Å²) in [5.74, 6) is 6.16. The van der Waals surface area contributed by atoms with Crippen LogP contribution in [0.5, 0.6) is 0 Å². The molecule has 0 saturated heterocycles. The summed E-state index contributed by atoms with van der Waals surface area (Å²) in [5, 5.41) is 10.5. The van der Waals surface area contributed by atoms with Crippen LogP contribution in [0.15, 0.2) is 24.3 Å². The summed E-state index contributed by atoms with van der Waals surface area (Å²) in [5.41, 5.74) is 0.957. The third-order valence-electron chi connectivity index (χ3n) is 2.97. The van der Waals surface area contributed by atoms with Crippen molar-refractivity contribution in [3.8, 4) is 11.8 Å². The first-order valence-electron chi connectivity index (χ1n) is 6.97. The van der Waals surface area contributed by atoms with E-state index in [0.29, 0.717) is 0 Å². The number of nitro groups is 1. The Morgan fingerprint density at radius 1 is 1.05 bits per heavy atom. The standard InChI is InChI=1S/C16H21NO2/c1-2-3-4-5-6-7-8-9-10-15-11-13-16(14-12-15)17(18)19/h11-14H,2-8H2,1H3. The Morgan fingerprint density at radius 3 is 2.32 bits per heavy atom. The van der Waals surface area contributed by atoms with Crippen LogP contribution in [-0.4, -0.2) is 4.92 Å². The minimum atomic E-state index is -0.395. The maximum Gasteiger partial charge on any atom is 0.269 e. The van der Waals surface area contributed by atoms with Gasteiger partial charge in [-0.25, -0.2) is 0 Å². The molecular formula is C16H21NO2. The molecule has 0 heterocycles. The number of unbranched alkanes of at least 4 members (excludes halogenated alkanes) is 6. The fraction of sp³-hybridized carbons (Fsp3) is 0.500. The summed E-state index contributed by atoms with van der Waals surface area (Å²) in [4.78, 5) is 10.1. The second-order valence-corrected chi connectivity index (χ2v) is 4.62. The van der Waals surface area contributed by atoms with Crippen LogP contribution >= 0.6 is 0 Å². The van der Waals surface area contributed by atoms with E-state index in [9.17, 15) is 10.1 Å². The van der Waals surface area contributed by atoms with E-state index in [-0.39, 0.29) is 5.69 Å². The Kier molecular flexibility index (Phi) is 7.34. The molecule has 1 rings (SSSR count). The summed E-state index contributed by atoms with van der Waals surface area (Å²) in [6.07, 6.45) is 8.52. The van der Waals surface area contributed by atoms with Gasteiger partial charge in [-0.15, -0.1) is 0 Å². The van der Waals surface area contributed by atoms with Crippen molar-refractivity contribution < 1.29 is 4.92 Å². The Balaban J connectivity index is 2.24. The monoisotopic (exact) mass is 259 g/mol. The van der Waals surface area contributed by atoms with E-state index >= 15 is 0 Å². The average molecular weight is 259 g/mol. The smallest absolute Gasteiger partial charge is 0.258 e. The lowest BCUT2D eigenvalue weighted by Gasteiger charge is -1.96. The van der Waals surface area contributed by atoms with Crippen LogP contribution in [0.1, 0.15) is 57.4 Å². The van der Waals surface area contributed by atoms with Crippen molar-refractivity contribution in [2.75, 3.05) is 0 Å². The zero-order valence-corrected chi connectivity index (χ0v) is 11.5. The van der Waals surface area contributed by atoms with E-state index < -0.39 is 4.92 Å². The molecule has 0 radical (unpaired) electrons. The Morgan fingerprint density at radius 2 is 1.68 bits per heavy atom. The quantitative estimate of drug-likeness (QED) is 0.308. The van der Waals surface area contributed by atoms with Crippen molar-refractivity contribution in [1.29, 1.82) is 0 Å². The van der Waals surface area contributed by atoms with E-state index in [1.54, 1.807) is 12.1 Å². The van der Waals surface area contributed by atoms with E-state index in [2.05, 4.69) is 18.8 Å². The van der Waals surface area contributed by atoms with Gasteiger partial charge >= 0.3 is 0 Å². The fourth-order valence-corrected chi connectivity index (χ4v) is 1.82. The van der Waals surface area contributed by atoms with Crippen LogP contribution in [0.25, 0.3) is 0 Å². The van der Waals surface area contributed by atoms with E-state index in [4.69, 9.17) is 0 Å². The normalized spacial score (nSPS) is 9.74. The summed E-state index contributed by atoms with van der Waals surface area (Å²) < 4.78 is 0. The van der Waals surface area contributed by atoms with Crippen molar-refractivity contribution in [3.05, 3.63) is 39.9 Å². The lowest BCUT2D eigenvalue weighted by Crippen LogP contribution is -1.86. The van der Waals surface area contributed by atoms with Gasteiger partial charge in [-0.05, 0) is 18.6 Å².